The van der Waals surface area contributed by atoms with E-state index in [4.69, 9.17) is 8.94 Å². The van der Waals surface area contributed by atoms with Gasteiger partial charge in [0.25, 0.3) is 5.91 Å². The number of halogens is 1. The number of aromatic nitrogens is 3. The normalized spacial score (nSPS) is 20.1. The smallest absolute Gasteiger partial charge is 0.273 e. The molecule has 0 bridgehead atoms. The predicted octanol–water partition coefficient (Wildman–Crippen LogP) is 2.59. The number of rotatable bonds is 5. The van der Waals surface area contributed by atoms with Gasteiger partial charge < -0.3 is 19.4 Å². The van der Waals surface area contributed by atoms with Crippen LogP contribution >= 0.6 is 0 Å². The van der Waals surface area contributed by atoms with Gasteiger partial charge in [-0.1, -0.05) is 5.16 Å². The van der Waals surface area contributed by atoms with Crippen LogP contribution in [-0.2, 0) is 0 Å². The van der Waals surface area contributed by atoms with Crippen LogP contribution < -0.4 is 5.32 Å². The van der Waals surface area contributed by atoms with Crippen LogP contribution in [0.25, 0.3) is 11.3 Å². The molecule has 0 radical (unpaired) electrons. The molecule has 2 heterocycles. The van der Waals surface area contributed by atoms with Crippen molar-refractivity contribution in [3.8, 4) is 11.3 Å². The van der Waals surface area contributed by atoms with E-state index in [2.05, 4.69) is 20.7 Å². The van der Waals surface area contributed by atoms with E-state index in [0.29, 0.717) is 30.1 Å². The number of hydrogen-bond acceptors (Lipinski definition) is 7. The Hall–Kier alpha value is -3.07. The molecule has 1 amide bonds. The number of nitrogens with zero attached hydrogens (tertiary/aromatic N) is 3. The van der Waals surface area contributed by atoms with E-state index in [-0.39, 0.29) is 35.3 Å². The molecule has 1 aliphatic carbocycles. The summed E-state index contributed by atoms with van der Waals surface area (Å²) in [5, 5.41) is 23.8. The molecule has 27 heavy (non-hydrogen) atoms. The molecular weight excluding hydrogens is 355 g/mol. The van der Waals surface area contributed by atoms with Gasteiger partial charge in [-0.2, -0.15) is 0 Å². The molecule has 0 unspecified atom stereocenters. The number of amides is 1. The predicted molar refractivity (Wildman–Crippen MR) is 90.1 cm³/mol. The number of carbonyl (C=O) groups is 1. The number of aliphatic hydroxyl groups is 1. The van der Waals surface area contributed by atoms with Crippen LogP contribution in [0.4, 0.5) is 4.39 Å². The summed E-state index contributed by atoms with van der Waals surface area (Å²) < 4.78 is 23.6. The molecule has 2 aromatic heterocycles. The van der Waals surface area contributed by atoms with E-state index >= 15 is 0 Å². The maximum Gasteiger partial charge on any atom is 0.273 e. The molecular formula is C18H17FN4O4. The fourth-order valence-electron chi connectivity index (χ4n) is 2.91. The summed E-state index contributed by atoms with van der Waals surface area (Å²) in [5.41, 5.74) is 0.795. The number of carbonyl (C=O) groups excluding carboxylic acids is 1. The van der Waals surface area contributed by atoms with Crippen molar-refractivity contribution in [3.05, 3.63) is 53.6 Å². The summed E-state index contributed by atoms with van der Waals surface area (Å²) in [6.45, 7) is 1.55. The molecule has 1 saturated carbocycles. The Labute approximate surface area is 153 Å². The lowest BCUT2D eigenvalue weighted by atomic mass is 9.80. The van der Waals surface area contributed by atoms with E-state index in [1.165, 1.54) is 18.2 Å². The summed E-state index contributed by atoms with van der Waals surface area (Å²) in [4.78, 5) is 12.3. The average Bonchev–Trinajstić information content (AvgIpc) is 3.28. The summed E-state index contributed by atoms with van der Waals surface area (Å²) in [6, 6.07) is 7.22. The number of hydrogen-bond donors (Lipinski definition) is 2. The van der Waals surface area contributed by atoms with Gasteiger partial charge in [0.2, 0.25) is 11.8 Å². The summed E-state index contributed by atoms with van der Waals surface area (Å²) in [7, 11) is 0. The van der Waals surface area contributed by atoms with Gasteiger partial charge in [0.1, 0.15) is 11.9 Å². The first-order valence-electron chi connectivity index (χ1n) is 8.54. The second-order valence-corrected chi connectivity index (χ2v) is 6.58. The minimum absolute atomic E-state index is 0.0321. The molecule has 140 valence electrons. The number of nitrogens with one attached hydrogen (secondary N) is 1. The average molecular weight is 372 g/mol. The maximum atomic E-state index is 13.0. The first-order valence-corrected chi connectivity index (χ1v) is 8.54. The van der Waals surface area contributed by atoms with E-state index < -0.39 is 6.10 Å². The minimum Gasteiger partial charge on any atom is -0.422 e. The first-order chi connectivity index (χ1) is 13.0. The summed E-state index contributed by atoms with van der Waals surface area (Å²) in [5.74, 6) is 0.415. The van der Waals surface area contributed by atoms with Gasteiger partial charge in [-0.25, -0.2) is 4.39 Å². The lowest BCUT2D eigenvalue weighted by Gasteiger charge is -2.33. The van der Waals surface area contributed by atoms with Gasteiger partial charge >= 0.3 is 0 Å². The molecule has 0 aliphatic heterocycles. The number of aliphatic hydroxyl groups excluding tert-OH is 1. The van der Waals surface area contributed by atoms with Crippen molar-refractivity contribution >= 4 is 5.91 Å². The van der Waals surface area contributed by atoms with Crippen LogP contribution in [0.5, 0.6) is 0 Å². The molecule has 1 aliphatic rings. The molecule has 0 spiro atoms. The van der Waals surface area contributed by atoms with Crippen molar-refractivity contribution in [2.75, 3.05) is 0 Å². The van der Waals surface area contributed by atoms with Crippen molar-refractivity contribution in [2.45, 2.75) is 37.8 Å². The molecule has 1 atom stereocenters. The van der Waals surface area contributed by atoms with Gasteiger partial charge in [-0.05, 0) is 44.0 Å². The van der Waals surface area contributed by atoms with Crippen molar-refractivity contribution in [2.24, 2.45) is 0 Å². The fraction of sp³-hybridized carbons (Fsp3) is 0.333. The molecule has 0 saturated heterocycles. The van der Waals surface area contributed by atoms with Crippen molar-refractivity contribution in [1.29, 1.82) is 0 Å². The molecule has 3 aromatic rings. The molecule has 1 fully saturated rings. The van der Waals surface area contributed by atoms with E-state index in [0.717, 1.165) is 0 Å². The van der Waals surface area contributed by atoms with E-state index in [1.807, 2.05) is 0 Å². The lowest BCUT2D eigenvalue weighted by molar-refractivity contribution is 0.0892. The number of benzene rings is 1. The molecule has 8 nitrogen and oxygen atoms in total. The highest BCUT2D eigenvalue weighted by molar-refractivity contribution is 5.93. The standard InChI is InChI=1S/C18H17FN4O4/c1-9(24)17-21-22-18(26-17)11-6-13(7-11)20-16(25)14-8-15(27-23-14)10-2-4-12(19)5-3-10/h2-5,8-9,11,13,24H,6-7H2,1H3,(H,20,25)/t9-,11?,13?/m1/s1. The summed E-state index contributed by atoms with van der Waals surface area (Å²) >= 11 is 0. The molecule has 1 aromatic carbocycles. The van der Waals surface area contributed by atoms with Crippen LogP contribution in [0, 0.1) is 5.82 Å². The van der Waals surface area contributed by atoms with Crippen LogP contribution in [0.15, 0.2) is 39.3 Å². The van der Waals surface area contributed by atoms with Gasteiger partial charge in [0, 0.05) is 23.6 Å². The summed E-state index contributed by atoms with van der Waals surface area (Å²) in [6.07, 6.45) is 0.524. The Bertz CT molecular complexity index is 944. The van der Waals surface area contributed by atoms with Crippen LogP contribution in [0.2, 0.25) is 0 Å². The SMILES string of the molecule is C[C@@H](O)c1nnc(C2CC(NC(=O)c3cc(-c4ccc(F)cc4)on3)C2)o1. The Kier molecular flexibility index (Phi) is 4.44. The highest BCUT2D eigenvalue weighted by Gasteiger charge is 2.36. The van der Waals surface area contributed by atoms with Crippen LogP contribution in [-0.4, -0.2) is 32.4 Å². The second-order valence-electron chi connectivity index (χ2n) is 6.58. The first kappa shape index (κ1) is 17.3. The second kappa shape index (κ2) is 6.92. The van der Waals surface area contributed by atoms with Crippen molar-refractivity contribution in [3.63, 3.8) is 0 Å². The van der Waals surface area contributed by atoms with Crippen molar-refractivity contribution < 1.29 is 23.2 Å². The largest absolute Gasteiger partial charge is 0.422 e. The zero-order valence-corrected chi connectivity index (χ0v) is 14.4. The highest BCUT2D eigenvalue weighted by Crippen LogP contribution is 2.36. The quantitative estimate of drug-likeness (QED) is 0.707. The topological polar surface area (TPSA) is 114 Å². The molecule has 9 heteroatoms. The monoisotopic (exact) mass is 372 g/mol. The van der Waals surface area contributed by atoms with Gasteiger partial charge in [-0.15, -0.1) is 10.2 Å². The Morgan fingerprint density at radius 2 is 2.04 bits per heavy atom. The molecule has 2 N–H and O–H groups in total. The zero-order chi connectivity index (χ0) is 19.0. The zero-order valence-electron chi connectivity index (χ0n) is 14.4. The van der Waals surface area contributed by atoms with E-state index in [1.54, 1.807) is 19.1 Å². The lowest BCUT2D eigenvalue weighted by Crippen LogP contribution is -2.43. The van der Waals surface area contributed by atoms with E-state index in [9.17, 15) is 14.3 Å². The Morgan fingerprint density at radius 1 is 1.30 bits per heavy atom. The van der Waals surface area contributed by atoms with Gasteiger partial charge in [0.05, 0.1) is 0 Å². The highest BCUT2D eigenvalue weighted by atomic mass is 19.1. The fourth-order valence-corrected chi connectivity index (χ4v) is 2.91. The Morgan fingerprint density at radius 3 is 2.70 bits per heavy atom. The third kappa shape index (κ3) is 3.59. The van der Waals surface area contributed by atoms with Crippen LogP contribution in [0.1, 0.15) is 54.1 Å². The third-order valence-electron chi connectivity index (χ3n) is 4.51. The maximum absolute atomic E-state index is 13.0. The van der Waals surface area contributed by atoms with Gasteiger partial charge in [-0.3, -0.25) is 4.79 Å². The Balaban J connectivity index is 1.33. The minimum atomic E-state index is -0.802. The van der Waals surface area contributed by atoms with Gasteiger partial charge in [0.15, 0.2) is 11.5 Å². The third-order valence-corrected chi connectivity index (χ3v) is 4.51. The van der Waals surface area contributed by atoms with Crippen LogP contribution in [0.3, 0.4) is 0 Å². The van der Waals surface area contributed by atoms with Crippen molar-refractivity contribution in [1.82, 2.24) is 20.7 Å². The molecule has 4 rings (SSSR count).